The van der Waals surface area contributed by atoms with Crippen molar-refractivity contribution in [3.63, 3.8) is 0 Å². The summed E-state index contributed by atoms with van der Waals surface area (Å²) >= 11 is 1.51. The van der Waals surface area contributed by atoms with Gasteiger partial charge >= 0.3 is 5.97 Å². The van der Waals surface area contributed by atoms with E-state index in [0.717, 1.165) is 4.88 Å². The zero-order valence-corrected chi connectivity index (χ0v) is 9.71. The highest BCUT2D eigenvalue weighted by Crippen LogP contribution is 2.41. The smallest absolute Gasteiger partial charge is 0.327 e. The molecule has 1 aliphatic rings. The summed E-state index contributed by atoms with van der Waals surface area (Å²) in [7, 11) is 0. The van der Waals surface area contributed by atoms with E-state index in [0.29, 0.717) is 6.42 Å². The molecule has 1 fully saturated rings. The molecule has 5 heteroatoms. The summed E-state index contributed by atoms with van der Waals surface area (Å²) in [5, 5.41) is 13.6. The Hall–Kier alpha value is -1.36. The van der Waals surface area contributed by atoms with Crippen LogP contribution in [0.2, 0.25) is 0 Å². The number of rotatable bonds is 3. The lowest BCUT2D eigenvalue weighted by molar-refractivity contribution is -0.141. The standard InChI is InChI=1S/C11H13NO3S/c1-2-11(7-4-3-5-16-7)6-8(13)12-9(11)10(14)15/h3-5,9H,2,6H2,1H3,(H,12,13)(H,14,15). The largest absolute Gasteiger partial charge is 0.480 e. The van der Waals surface area contributed by atoms with Crippen molar-refractivity contribution >= 4 is 23.2 Å². The average Bonchev–Trinajstić information content (AvgIpc) is 2.84. The number of carboxylic acid groups (broad SMARTS) is 1. The maximum absolute atomic E-state index is 11.5. The second kappa shape index (κ2) is 3.90. The summed E-state index contributed by atoms with van der Waals surface area (Å²) in [5.74, 6) is -1.14. The Morgan fingerprint density at radius 1 is 1.75 bits per heavy atom. The van der Waals surface area contributed by atoms with Gasteiger partial charge in [0.25, 0.3) is 0 Å². The van der Waals surface area contributed by atoms with Gasteiger partial charge in [-0.1, -0.05) is 13.0 Å². The highest BCUT2D eigenvalue weighted by Gasteiger charge is 2.51. The molecule has 2 N–H and O–H groups in total. The number of carboxylic acids is 1. The minimum absolute atomic E-state index is 0.178. The van der Waals surface area contributed by atoms with E-state index in [1.165, 1.54) is 11.3 Å². The third-order valence-electron chi connectivity index (χ3n) is 3.22. The molecular formula is C11H13NO3S. The molecule has 0 spiro atoms. The number of amides is 1. The summed E-state index contributed by atoms with van der Waals surface area (Å²) < 4.78 is 0. The molecule has 1 aromatic rings. The molecule has 1 aliphatic heterocycles. The van der Waals surface area contributed by atoms with Gasteiger partial charge in [0.2, 0.25) is 5.91 Å². The van der Waals surface area contributed by atoms with Crippen LogP contribution in [0.3, 0.4) is 0 Å². The molecule has 1 aromatic heterocycles. The highest BCUT2D eigenvalue weighted by atomic mass is 32.1. The second-order valence-corrected chi connectivity index (χ2v) is 4.95. The van der Waals surface area contributed by atoms with Crippen molar-refractivity contribution in [3.05, 3.63) is 22.4 Å². The number of thiophene rings is 1. The van der Waals surface area contributed by atoms with Crippen LogP contribution in [-0.2, 0) is 15.0 Å². The van der Waals surface area contributed by atoms with Gasteiger partial charge in [0.1, 0.15) is 6.04 Å². The van der Waals surface area contributed by atoms with Gasteiger partial charge in [0.05, 0.1) is 0 Å². The van der Waals surface area contributed by atoms with E-state index in [4.69, 9.17) is 0 Å². The second-order valence-electron chi connectivity index (χ2n) is 4.00. The van der Waals surface area contributed by atoms with Gasteiger partial charge in [0, 0.05) is 16.7 Å². The van der Waals surface area contributed by atoms with Crippen LogP contribution >= 0.6 is 11.3 Å². The third-order valence-corrected chi connectivity index (χ3v) is 4.31. The van der Waals surface area contributed by atoms with E-state index in [1.54, 1.807) is 0 Å². The van der Waals surface area contributed by atoms with Crippen LogP contribution in [-0.4, -0.2) is 23.0 Å². The molecule has 2 heterocycles. The zero-order chi connectivity index (χ0) is 11.8. The van der Waals surface area contributed by atoms with Gasteiger partial charge in [-0.15, -0.1) is 11.3 Å². The van der Waals surface area contributed by atoms with Crippen molar-refractivity contribution < 1.29 is 14.7 Å². The van der Waals surface area contributed by atoms with E-state index in [-0.39, 0.29) is 12.3 Å². The molecule has 2 unspecified atom stereocenters. The number of aliphatic carboxylic acids is 1. The molecule has 4 nitrogen and oxygen atoms in total. The molecule has 2 atom stereocenters. The SMILES string of the molecule is CCC1(c2cccs2)CC(=O)NC1C(=O)O. The van der Waals surface area contributed by atoms with Crippen molar-refractivity contribution in [1.29, 1.82) is 0 Å². The molecule has 2 rings (SSSR count). The number of carbonyl (C=O) groups is 2. The maximum atomic E-state index is 11.5. The Bertz CT molecular complexity index is 415. The van der Waals surface area contributed by atoms with E-state index in [9.17, 15) is 14.7 Å². The summed E-state index contributed by atoms with van der Waals surface area (Å²) in [6, 6.07) is 2.99. The van der Waals surface area contributed by atoms with Crippen LogP contribution in [0, 0.1) is 0 Å². The Balaban J connectivity index is 2.46. The topological polar surface area (TPSA) is 66.4 Å². The monoisotopic (exact) mass is 239 g/mol. The van der Waals surface area contributed by atoms with Gasteiger partial charge in [-0.2, -0.15) is 0 Å². The normalized spacial score (nSPS) is 29.1. The molecule has 0 radical (unpaired) electrons. The van der Waals surface area contributed by atoms with Gasteiger partial charge in [-0.05, 0) is 17.9 Å². The first kappa shape index (κ1) is 11.1. The fraction of sp³-hybridized carbons (Fsp3) is 0.455. The minimum Gasteiger partial charge on any atom is -0.480 e. The Labute approximate surface area is 97.3 Å². The van der Waals surface area contributed by atoms with Crippen LogP contribution in [0.25, 0.3) is 0 Å². The van der Waals surface area contributed by atoms with E-state index >= 15 is 0 Å². The summed E-state index contributed by atoms with van der Waals surface area (Å²) in [4.78, 5) is 23.6. The van der Waals surface area contributed by atoms with Crippen LogP contribution in [0.15, 0.2) is 17.5 Å². The van der Waals surface area contributed by atoms with E-state index in [1.807, 2.05) is 24.4 Å². The molecule has 1 saturated heterocycles. The molecule has 0 aromatic carbocycles. The summed E-state index contributed by atoms with van der Waals surface area (Å²) in [6.07, 6.45) is 0.907. The Morgan fingerprint density at radius 2 is 2.50 bits per heavy atom. The molecule has 0 aliphatic carbocycles. The van der Waals surface area contributed by atoms with Gasteiger partial charge in [0.15, 0.2) is 0 Å². The van der Waals surface area contributed by atoms with Crippen molar-refractivity contribution in [2.45, 2.75) is 31.2 Å². The Kier molecular flexibility index (Phi) is 2.71. The lowest BCUT2D eigenvalue weighted by Crippen LogP contribution is -2.45. The maximum Gasteiger partial charge on any atom is 0.327 e. The van der Waals surface area contributed by atoms with E-state index < -0.39 is 17.4 Å². The third kappa shape index (κ3) is 1.51. The summed E-state index contributed by atoms with van der Waals surface area (Å²) in [5.41, 5.74) is -0.572. The predicted molar refractivity (Wildman–Crippen MR) is 60.5 cm³/mol. The molecular weight excluding hydrogens is 226 g/mol. The first-order valence-corrected chi connectivity index (χ1v) is 6.04. The number of nitrogens with one attached hydrogen (secondary N) is 1. The molecule has 16 heavy (non-hydrogen) atoms. The van der Waals surface area contributed by atoms with Crippen LogP contribution in [0.5, 0.6) is 0 Å². The average molecular weight is 239 g/mol. The Morgan fingerprint density at radius 3 is 3.00 bits per heavy atom. The van der Waals surface area contributed by atoms with Crippen molar-refractivity contribution in [3.8, 4) is 0 Å². The fourth-order valence-electron chi connectivity index (χ4n) is 2.33. The van der Waals surface area contributed by atoms with Crippen molar-refractivity contribution in [2.75, 3.05) is 0 Å². The number of carbonyl (C=O) groups excluding carboxylic acids is 1. The molecule has 0 saturated carbocycles. The van der Waals surface area contributed by atoms with Gasteiger partial charge in [-0.3, -0.25) is 4.79 Å². The zero-order valence-electron chi connectivity index (χ0n) is 8.90. The van der Waals surface area contributed by atoms with E-state index in [2.05, 4.69) is 5.32 Å². The van der Waals surface area contributed by atoms with Crippen molar-refractivity contribution in [1.82, 2.24) is 5.32 Å². The quantitative estimate of drug-likeness (QED) is 0.837. The first-order valence-electron chi connectivity index (χ1n) is 5.16. The fourth-order valence-corrected chi connectivity index (χ4v) is 3.36. The number of hydrogen-bond donors (Lipinski definition) is 2. The van der Waals surface area contributed by atoms with Crippen LogP contribution in [0.1, 0.15) is 24.6 Å². The minimum atomic E-state index is -0.957. The van der Waals surface area contributed by atoms with Crippen molar-refractivity contribution in [2.24, 2.45) is 0 Å². The van der Waals surface area contributed by atoms with Crippen LogP contribution < -0.4 is 5.32 Å². The predicted octanol–water partition coefficient (Wildman–Crippen LogP) is 1.37. The molecule has 0 bridgehead atoms. The lowest BCUT2D eigenvalue weighted by Gasteiger charge is -2.29. The molecule has 1 amide bonds. The first-order chi connectivity index (χ1) is 7.60. The summed E-state index contributed by atoms with van der Waals surface area (Å²) in [6.45, 7) is 1.93. The number of hydrogen-bond acceptors (Lipinski definition) is 3. The van der Waals surface area contributed by atoms with Gasteiger partial charge in [-0.25, -0.2) is 4.79 Å². The lowest BCUT2D eigenvalue weighted by atomic mass is 9.76. The molecule has 86 valence electrons. The van der Waals surface area contributed by atoms with Crippen LogP contribution in [0.4, 0.5) is 0 Å². The van der Waals surface area contributed by atoms with Gasteiger partial charge < -0.3 is 10.4 Å². The highest BCUT2D eigenvalue weighted by molar-refractivity contribution is 7.10.